The highest BCUT2D eigenvalue weighted by Gasteiger charge is 2.27. The number of benzene rings is 1. The van der Waals surface area contributed by atoms with Crippen molar-refractivity contribution in [3.63, 3.8) is 0 Å². The molecule has 9 heteroatoms. The molecular formula is C20H24N2O6S. The fraction of sp³-hybridized carbons (Fsp3) is 0.400. The van der Waals surface area contributed by atoms with Crippen LogP contribution < -0.4 is 0 Å². The Labute approximate surface area is 170 Å². The second kappa shape index (κ2) is 8.79. The second-order valence-corrected chi connectivity index (χ2v) is 8.91. The molecule has 0 atom stereocenters. The van der Waals surface area contributed by atoms with Crippen molar-refractivity contribution in [3.05, 3.63) is 53.5 Å². The number of hydrogen-bond donors (Lipinski definition) is 0. The molecule has 156 valence electrons. The molecule has 2 aromatic rings. The summed E-state index contributed by atoms with van der Waals surface area (Å²) in [5.41, 5.74) is 0.183. The fourth-order valence-electron chi connectivity index (χ4n) is 3.05. The molecular weight excluding hydrogens is 396 g/mol. The zero-order chi connectivity index (χ0) is 21.0. The molecule has 0 N–H and O–H groups in total. The molecule has 1 aromatic heterocycles. The van der Waals surface area contributed by atoms with Crippen molar-refractivity contribution in [2.75, 3.05) is 26.7 Å². The fourth-order valence-corrected chi connectivity index (χ4v) is 4.57. The van der Waals surface area contributed by atoms with Gasteiger partial charge >= 0.3 is 5.97 Å². The van der Waals surface area contributed by atoms with E-state index >= 15 is 0 Å². The van der Waals surface area contributed by atoms with Gasteiger partial charge in [-0.1, -0.05) is 0 Å². The van der Waals surface area contributed by atoms with Gasteiger partial charge in [-0.15, -0.1) is 0 Å². The Balaban J connectivity index is 1.54. The summed E-state index contributed by atoms with van der Waals surface area (Å²) >= 11 is 0. The summed E-state index contributed by atoms with van der Waals surface area (Å²) in [4.78, 5) is 25.9. The van der Waals surface area contributed by atoms with E-state index in [1.54, 1.807) is 19.2 Å². The Morgan fingerprint density at radius 1 is 1.10 bits per heavy atom. The van der Waals surface area contributed by atoms with Crippen LogP contribution in [0.5, 0.6) is 0 Å². The van der Waals surface area contributed by atoms with Gasteiger partial charge in [0.25, 0.3) is 5.91 Å². The van der Waals surface area contributed by atoms with Crippen LogP contribution >= 0.6 is 0 Å². The summed E-state index contributed by atoms with van der Waals surface area (Å²) in [6.07, 6.45) is 1.71. The standard InChI is InChI=1S/C20H24N2O6S/c1-15-5-8-17(28-15)13-21(2)19(23)14-27-20(24)16-6-9-18(10-7-16)29(25,26)22-11-3-4-12-22/h5-10H,3-4,11-14H2,1-2H3. The number of furan rings is 1. The molecule has 0 saturated carbocycles. The van der Waals surface area contributed by atoms with E-state index in [0.29, 0.717) is 18.8 Å². The number of esters is 1. The minimum absolute atomic E-state index is 0.139. The Morgan fingerprint density at radius 2 is 1.76 bits per heavy atom. The van der Waals surface area contributed by atoms with Crippen LogP contribution in [0.15, 0.2) is 45.7 Å². The number of likely N-dealkylation sites (N-methyl/N-ethyl adjacent to an activating group) is 1. The molecule has 29 heavy (non-hydrogen) atoms. The van der Waals surface area contributed by atoms with Gasteiger partial charge in [-0.3, -0.25) is 4.79 Å². The maximum absolute atomic E-state index is 12.5. The minimum Gasteiger partial charge on any atom is -0.464 e. The van der Waals surface area contributed by atoms with Crippen molar-refractivity contribution < 1.29 is 27.2 Å². The lowest BCUT2D eigenvalue weighted by Crippen LogP contribution is -2.30. The lowest BCUT2D eigenvalue weighted by atomic mass is 10.2. The summed E-state index contributed by atoms with van der Waals surface area (Å²) < 4.78 is 36.9. The van der Waals surface area contributed by atoms with Crippen LogP contribution in [-0.2, 0) is 26.1 Å². The molecule has 1 amide bonds. The van der Waals surface area contributed by atoms with E-state index in [1.165, 1.54) is 33.5 Å². The van der Waals surface area contributed by atoms with Gasteiger partial charge in [0.2, 0.25) is 10.0 Å². The van der Waals surface area contributed by atoms with E-state index in [0.717, 1.165) is 18.6 Å². The van der Waals surface area contributed by atoms with Gasteiger partial charge in [0.05, 0.1) is 17.0 Å². The smallest absolute Gasteiger partial charge is 0.338 e. The predicted octanol–water partition coefficient (Wildman–Crippen LogP) is 2.19. The van der Waals surface area contributed by atoms with Crippen LogP contribution in [0.2, 0.25) is 0 Å². The molecule has 0 bridgehead atoms. The molecule has 0 spiro atoms. The van der Waals surface area contributed by atoms with Gasteiger partial charge in [0.15, 0.2) is 6.61 Å². The summed E-state index contributed by atoms with van der Waals surface area (Å²) in [6, 6.07) is 9.15. The van der Waals surface area contributed by atoms with E-state index in [1.807, 2.05) is 6.92 Å². The summed E-state index contributed by atoms with van der Waals surface area (Å²) in [7, 11) is -1.95. The highest BCUT2D eigenvalue weighted by atomic mass is 32.2. The van der Waals surface area contributed by atoms with E-state index < -0.39 is 22.6 Å². The van der Waals surface area contributed by atoms with Crippen LogP contribution in [-0.4, -0.2) is 56.2 Å². The van der Waals surface area contributed by atoms with Crippen molar-refractivity contribution in [1.82, 2.24) is 9.21 Å². The van der Waals surface area contributed by atoms with Crippen molar-refractivity contribution in [2.45, 2.75) is 31.2 Å². The first-order chi connectivity index (χ1) is 13.8. The number of aryl methyl sites for hydroxylation is 1. The van der Waals surface area contributed by atoms with Crippen molar-refractivity contribution in [1.29, 1.82) is 0 Å². The van der Waals surface area contributed by atoms with Gasteiger partial charge in [0.1, 0.15) is 11.5 Å². The minimum atomic E-state index is -3.53. The molecule has 1 fully saturated rings. The topological polar surface area (TPSA) is 97.1 Å². The van der Waals surface area contributed by atoms with Crippen LogP contribution in [0.1, 0.15) is 34.7 Å². The van der Waals surface area contributed by atoms with Gasteiger partial charge in [-0.05, 0) is 56.2 Å². The average Bonchev–Trinajstić information content (AvgIpc) is 3.38. The number of carbonyl (C=O) groups is 2. The van der Waals surface area contributed by atoms with Crippen LogP contribution in [0.3, 0.4) is 0 Å². The molecule has 1 saturated heterocycles. The summed E-state index contributed by atoms with van der Waals surface area (Å²) in [6.45, 7) is 2.70. The van der Waals surface area contributed by atoms with Crippen molar-refractivity contribution in [3.8, 4) is 0 Å². The van der Waals surface area contributed by atoms with Crippen LogP contribution in [0, 0.1) is 6.92 Å². The Morgan fingerprint density at radius 3 is 2.34 bits per heavy atom. The zero-order valence-corrected chi connectivity index (χ0v) is 17.3. The number of rotatable bonds is 7. The number of carbonyl (C=O) groups excluding carboxylic acids is 2. The molecule has 8 nitrogen and oxygen atoms in total. The molecule has 0 radical (unpaired) electrons. The Hall–Kier alpha value is -2.65. The quantitative estimate of drug-likeness (QED) is 0.637. The summed E-state index contributed by atoms with van der Waals surface area (Å²) in [5.74, 6) is 0.327. The van der Waals surface area contributed by atoms with Gasteiger partial charge in [-0.2, -0.15) is 4.31 Å². The molecule has 1 aliphatic rings. The lowest BCUT2D eigenvalue weighted by molar-refractivity contribution is -0.134. The Bertz CT molecular complexity index is 975. The predicted molar refractivity (Wildman–Crippen MR) is 105 cm³/mol. The number of amides is 1. The lowest BCUT2D eigenvalue weighted by Gasteiger charge is -2.16. The monoisotopic (exact) mass is 420 g/mol. The third-order valence-electron chi connectivity index (χ3n) is 4.73. The molecule has 0 aliphatic carbocycles. The molecule has 3 rings (SSSR count). The van der Waals surface area contributed by atoms with E-state index in [-0.39, 0.29) is 22.9 Å². The first kappa shape index (κ1) is 21.1. The van der Waals surface area contributed by atoms with Gasteiger partial charge < -0.3 is 14.1 Å². The number of sulfonamides is 1. The third kappa shape index (κ3) is 5.04. The number of ether oxygens (including phenoxy) is 1. The third-order valence-corrected chi connectivity index (χ3v) is 6.65. The first-order valence-corrected chi connectivity index (χ1v) is 10.8. The molecule has 1 aliphatic heterocycles. The normalized spacial score (nSPS) is 14.7. The van der Waals surface area contributed by atoms with E-state index in [2.05, 4.69) is 0 Å². The van der Waals surface area contributed by atoms with E-state index in [4.69, 9.17) is 9.15 Å². The molecule has 1 aromatic carbocycles. The van der Waals surface area contributed by atoms with Crippen LogP contribution in [0.4, 0.5) is 0 Å². The highest BCUT2D eigenvalue weighted by Crippen LogP contribution is 2.21. The Kier molecular flexibility index (Phi) is 6.39. The highest BCUT2D eigenvalue weighted by molar-refractivity contribution is 7.89. The maximum Gasteiger partial charge on any atom is 0.338 e. The van der Waals surface area contributed by atoms with E-state index in [9.17, 15) is 18.0 Å². The SMILES string of the molecule is Cc1ccc(CN(C)C(=O)COC(=O)c2ccc(S(=O)(=O)N3CCCC3)cc2)o1. The zero-order valence-electron chi connectivity index (χ0n) is 16.5. The molecule has 0 unspecified atom stereocenters. The average molecular weight is 420 g/mol. The summed E-state index contributed by atoms with van der Waals surface area (Å²) in [5, 5.41) is 0. The van der Waals surface area contributed by atoms with Crippen molar-refractivity contribution >= 4 is 21.9 Å². The van der Waals surface area contributed by atoms with Gasteiger partial charge in [0, 0.05) is 20.1 Å². The maximum atomic E-state index is 12.5. The second-order valence-electron chi connectivity index (χ2n) is 6.97. The van der Waals surface area contributed by atoms with Crippen molar-refractivity contribution in [2.24, 2.45) is 0 Å². The largest absolute Gasteiger partial charge is 0.464 e. The molecule has 2 heterocycles. The van der Waals surface area contributed by atoms with Crippen LogP contribution in [0.25, 0.3) is 0 Å². The first-order valence-electron chi connectivity index (χ1n) is 9.34. The number of nitrogens with zero attached hydrogens (tertiary/aromatic N) is 2. The number of hydrogen-bond acceptors (Lipinski definition) is 6. The van der Waals surface area contributed by atoms with Gasteiger partial charge in [-0.25, -0.2) is 13.2 Å².